The van der Waals surface area contributed by atoms with Gasteiger partial charge >= 0.3 is 0 Å². The molecule has 8 heteroatoms. The van der Waals surface area contributed by atoms with Gasteiger partial charge in [-0.3, -0.25) is 9.59 Å². The zero-order valence-corrected chi connectivity index (χ0v) is 15.4. The fraction of sp³-hybridized carbons (Fsp3) is 0.444. The summed E-state index contributed by atoms with van der Waals surface area (Å²) >= 11 is 1.58. The molecule has 4 rings (SSSR count). The number of rotatable bonds is 5. The van der Waals surface area contributed by atoms with E-state index in [1.165, 1.54) is 21.8 Å². The predicted molar refractivity (Wildman–Crippen MR) is 100 cm³/mol. The van der Waals surface area contributed by atoms with E-state index in [1.54, 1.807) is 11.3 Å². The van der Waals surface area contributed by atoms with Crippen LogP contribution in [0.15, 0.2) is 21.9 Å². The molecule has 0 radical (unpaired) electrons. The number of hydrogen-bond donors (Lipinski definition) is 1. The summed E-state index contributed by atoms with van der Waals surface area (Å²) in [7, 11) is 0. The van der Waals surface area contributed by atoms with Crippen molar-refractivity contribution in [1.82, 2.24) is 20.0 Å². The molecule has 0 atom stereocenters. The Bertz CT molecular complexity index is 1070. The molecule has 1 N–H and O–H groups in total. The monoisotopic (exact) mass is 372 g/mol. The number of aromatic nitrogens is 4. The van der Waals surface area contributed by atoms with E-state index < -0.39 is 0 Å². The maximum atomic E-state index is 12.9. The van der Waals surface area contributed by atoms with Gasteiger partial charge in [0.1, 0.15) is 0 Å². The first-order valence-corrected chi connectivity index (χ1v) is 9.71. The van der Waals surface area contributed by atoms with Gasteiger partial charge < -0.3 is 9.72 Å². The minimum atomic E-state index is -0.206. The highest BCUT2D eigenvalue weighted by atomic mass is 32.1. The van der Waals surface area contributed by atoms with Crippen molar-refractivity contribution in [1.29, 1.82) is 0 Å². The van der Waals surface area contributed by atoms with Crippen LogP contribution >= 0.6 is 11.3 Å². The molecule has 0 bridgehead atoms. The Balaban J connectivity index is 1.67. The van der Waals surface area contributed by atoms with Crippen LogP contribution in [0.2, 0.25) is 0 Å². The number of H-pyrrole nitrogens is 1. The molecule has 1 aliphatic rings. The molecule has 0 saturated carbocycles. The minimum Gasteiger partial charge on any atom is -0.488 e. The van der Waals surface area contributed by atoms with E-state index in [0.717, 1.165) is 42.5 Å². The summed E-state index contributed by atoms with van der Waals surface area (Å²) in [6.07, 6.45) is 6.58. The van der Waals surface area contributed by atoms with Crippen LogP contribution in [-0.4, -0.2) is 26.6 Å². The largest absolute Gasteiger partial charge is 0.488 e. The van der Waals surface area contributed by atoms with Crippen molar-refractivity contribution >= 4 is 21.6 Å². The molecule has 26 heavy (non-hydrogen) atoms. The average molecular weight is 372 g/mol. The third-order valence-electron chi connectivity index (χ3n) is 4.56. The van der Waals surface area contributed by atoms with E-state index in [9.17, 15) is 9.59 Å². The lowest BCUT2D eigenvalue weighted by molar-refractivity contribution is 0.313. The standard InChI is InChI=1S/C18H20N4O3S/c1-2-7-25-14-9-19-11(8-13(14)23)10-22-18(24)16-12-5-3-4-6-15(12)26-17(16)20-21-22/h8-9H,2-7,10H2,1H3,(H,19,23). The summed E-state index contributed by atoms with van der Waals surface area (Å²) in [4.78, 5) is 30.0. The van der Waals surface area contributed by atoms with Crippen molar-refractivity contribution < 1.29 is 4.74 Å². The average Bonchev–Trinajstić information content (AvgIpc) is 3.03. The van der Waals surface area contributed by atoms with E-state index in [-0.39, 0.29) is 23.3 Å². The van der Waals surface area contributed by atoms with E-state index in [2.05, 4.69) is 15.3 Å². The van der Waals surface area contributed by atoms with Crippen LogP contribution in [0.5, 0.6) is 5.75 Å². The Morgan fingerprint density at radius 1 is 1.31 bits per heavy atom. The third kappa shape index (κ3) is 3.05. The summed E-state index contributed by atoms with van der Waals surface area (Å²) < 4.78 is 6.71. The zero-order chi connectivity index (χ0) is 18.1. The van der Waals surface area contributed by atoms with Gasteiger partial charge in [-0.1, -0.05) is 12.1 Å². The van der Waals surface area contributed by atoms with Gasteiger partial charge in [0, 0.05) is 22.8 Å². The smallest absolute Gasteiger partial charge is 0.279 e. The number of pyridine rings is 1. The fourth-order valence-corrected chi connectivity index (χ4v) is 4.49. The number of nitrogens with one attached hydrogen (secondary N) is 1. The van der Waals surface area contributed by atoms with Crippen molar-refractivity contribution in [2.24, 2.45) is 0 Å². The van der Waals surface area contributed by atoms with Gasteiger partial charge in [-0.2, -0.15) is 0 Å². The Labute approximate surface area is 153 Å². The van der Waals surface area contributed by atoms with Crippen LogP contribution in [0, 0.1) is 0 Å². The topological polar surface area (TPSA) is 89.9 Å². The lowest BCUT2D eigenvalue weighted by Crippen LogP contribution is -2.26. The lowest BCUT2D eigenvalue weighted by atomic mass is 9.97. The summed E-state index contributed by atoms with van der Waals surface area (Å²) in [6.45, 7) is 2.65. The molecule has 7 nitrogen and oxygen atoms in total. The van der Waals surface area contributed by atoms with E-state index in [4.69, 9.17) is 4.74 Å². The van der Waals surface area contributed by atoms with Gasteiger partial charge in [0.2, 0.25) is 5.43 Å². The van der Waals surface area contributed by atoms with Crippen LogP contribution in [-0.2, 0) is 19.4 Å². The van der Waals surface area contributed by atoms with Crippen LogP contribution in [0.3, 0.4) is 0 Å². The van der Waals surface area contributed by atoms with Gasteiger partial charge in [-0.15, -0.1) is 16.4 Å². The molecule has 3 aromatic heterocycles. The highest BCUT2D eigenvalue weighted by Crippen LogP contribution is 2.33. The summed E-state index contributed by atoms with van der Waals surface area (Å²) in [6, 6.07) is 1.45. The van der Waals surface area contributed by atoms with Crippen LogP contribution in [0.1, 0.15) is 42.3 Å². The van der Waals surface area contributed by atoms with E-state index >= 15 is 0 Å². The number of ether oxygens (including phenoxy) is 1. The van der Waals surface area contributed by atoms with Crippen LogP contribution in [0.4, 0.5) is 0 Å². The summed E-state index contributed by atoms with van der Waals surface area (Å²) in [5.74, 6) is 0.288. The molecular formula is C18H20N4O3S. The highest BCUT2D eigenvalue weighted by molar-refractivity contribution is 7.18. The molecule has 3 heterocycles. The maximum absolute atomic E-state index is 12.9. The molecular weight excluding hydrogens is 352 g/mol. The molecule has 0 fully saturated rings. The predicted octanol–water partition coefficient (Wildman–Crippen LogP) is 2.26. The number of nitrogens with zero attached hydrogens (tertiary/aromatic N) is 3. The summed E-state index contributed by atoms with van der Waals surface area (Å²) in [5.41, 5.74) is 1.39. The van der Waals surface area contributed by atoms with Gasteiger partial charge in [-0.05, 0) is 37.7 Å². The molecule has 0 aromatic carbocycles. The Kier molecular flexibility index (Phi) is 4.58. The molecule has 0 unspecified atom stereocenters. The van der Waals surface area contributed by atoms with Crippen molar-refractivity contribution in [3.8, 4) is 5.75 Å². The first-order valence-electron chi connectivity index (χ1n) is 8.90. The van der Waals surface area contributed by atoms with Crippen LogP contribution < -0.4 is 15.7 Å². The quantitative estimate of drug-likeness (QED) is 0.742. The normalized spacial score (nSPS) is 13.7. The first-order chi connectivity index (χ1) is 12.7. The van der Waals surface area contributed by atoms with Gasteiger partial charge in [0.15, 0.2) is 10.6 Å². The number of aryl methyl sites for hydroxylation is 2. The zero-order valence-electron chi connectivity index (χ0n) is 14.6. The molecule has 0 spiro atoms. The second-order valence-corrected chi connectivity index (χ2v) is 7.56. The Morgan fingerprint density at radius 3 is 2.96 bits per heavy atom. The molecule has 0 aliphatic heterocycles. The minimum absolute atomic E-state index is 0.137. The summed E-state index contributed by atoms with van der Waals surface area (Å²) in [5, 5.41) is 9.00. The SMILES string of the molecule is CCCOc1c[nH]c(Cn2nnc3sc4c(c3c2=O)CCCC4)cc1=O. The number of hydrogen-bond acceptors (Lipinski definition) is 6. The van der Waals surface area contributed by atoms with E-state index in [0.29, 0.717) is 17.7 Å². The second-order valence-electron chi connectivity index (χ2n) is 6.48. The number of thiophene rings is 1. The molecule has 136 valence electrons. The molecule has 3 aromatic rings. The third-order valence-corrected chi connectivity index (χ3v) is 5.74. The second kappa shape index (κ2) is 7.03. The molecule has 0 amide bonds. The molecule has 0 saturated heterocycles. The van der Waals surface area contributed by atoms with Crippen molar-refractivity contribution in [2.45, 2.75) is 45.6 Å². The lowest BCUT2D eigenvalue weighted by Gasteiger charge is -2.10. The Hall–Kier alpha value is -2.48. The number of aromatic amines is 1. The maximum Gasteiger partial charge on any atom is 0.279 e. The van der Waals surface area contributed by atoms with E-state index in [1.807, 2.05) is 6.92 Å². The van der Waals surface area contributed by atoms with Crippen molar-refractivity contribution in [2.75, 3.05) is 6.61 Å². The van der Waals surface area contributed by atoms with Gasteiger partial charge in [0.05, 0.1) is 18.5 Å². The van der Waals surface area contributed by atoms with Gasteiger partial charge in [0.25, 0.3) is 5.56 Å². The van der Waals surface area contributed by atoms with Crippen molar-refractivity contribution in [3.05, 3.63) is 49.0 Å². The van der Waals surface area contributed by atoms with Gasteiger partial charge in [-0.25, -0.2) is 4.68 Å². The van der Waals surface area contributed by atoms with Crippen LogP contribution in [0.25, 0.3) is 10.2 Å². The number of fused-ring (bicyclic) bond motifs is 3. The Morgan fingerprint density at radius 2 is 2.15 bits per heavy atom. The van der Waals surface area contributed by atoms with Crippen molar-refractivity contribution in [3.63, 3.8) is 0 Å². The molecule has 1 aliphatic carbocycles. The first kappa shape index (κ1) is 17.0. The fourth-order valence-electron chi connectivity index (χ4n) is 3.29. The highest BCUT2D eigenvalue weighted by Gasteiger charge is 2.20.